The molecule has 0 aliphatic carbocycles. The van der Waals surface area contributed by atoms with Crippen molar-refractivity contribution in [2.75, 3.05) is 0 Å². The lowest BCUT2D eigenvalue weighted by atomic mass is 10.1. The number of nitrogens with one attached hydrogen (secondary N) is 1. The second kappa shape index (κ2) is 3.82. The average molecular weight is 318 g/mol. The van der Waals surface area contributed by atoms with Gasteiger partial charge in [0, 0.05) is 3.57 Å². The van der Waals surface area contributed by atoms with Crippen LogP contribution in [0.15, 0.2) is 22.6 Å². The van der Waals surface area contributed by atoms with Crippen LogP contribution in [-0.4, -0.2) is 10.2 Å². The highest BCUT2D eigenvalue weighted by Gasteiger charge is 2.09. The molecule has 0 fully saturated rings. The van der Waals surface area contributed by atoms with Crippen LogP contribution in [0.3, 0.4) is 0 Å². The Morgan fingerprint density at radius 2 is 2.29 bits per heavy atom. The van der Waals surface area contributed by atoms with E-state index in [1.54, 1.807) is 0 Å². The molecule has 72 valence electrons. The lowest BCUT2D eigenvalue weighted by Gasteiger charge is -2.01. The maximum absolute atomic E-state index is 5.25. The maximum atomic E-state index is 5.25. The molecule has 2 rings (SSSR count). The Kier molecular flexibility index (Phi) is 2.69. The van der Waals surface area contributed by atoms with Gasteiger partial charge < -0.3 is 4.42 Å². The summed E-state index contributed by atoms with van der Waals surface area (Å²) in [6.45, 7) is 2.05. The molecule has 0 atom stereocenters. The first-order valence-electron chi connectivity index (χ1n) is 3.99. The molecule has 0 aliphatic rings. The Hall–Kier alpha value is -0.690. The van der Waals surface area contributed by atoms with Gasteiger partial charge in [0.25, 0.3) is 4.84 Å². The van der Waals surface area contributed by atoms with Gasteiger partial charge in [0.15, 0.2) is 0 Å². The Labute approximate surface area is 99.7 Å². The highest BCUT2D eigenvalue weighted by molar-refractivity contribution is 14.1. The molecule has 0 unspecified atom stereocenters. The minimum absolute atomic E-state index is 0.303. The molecule has 0 radical (unpaired) electrons. The van der Waals surface area contributed by atoms with Crippen molar-refractivity contribution in [3.8, 4) is 11.5 Å². The zero-order valence-corrected chi connectivity index (χ0v) is 10.3. The summed E-state index contributed by atoms with van der Waals surface area (Å²) >= 11 is 7.09. The van der Waals surface area contributed by atoms with Gasteiger partial charge in [-0.25, -0.2) is 5.10 Å². The van der Waals surface area contributed by atoms with Crippen LogP contribution < -0.4 is 0 Å². The summed E-state index contributed by atoms with van der Waals surface area (Å²) in [6.07, 6.45) is 0. The number of hydrogen-bond acceptors (Lipinski definition) is 3. The van der Waals surface area contributed by atoms with Gasteiger partial charge in [0.05, 0.1) is 5.56 Å². The zero-order chi connectivity index (χ0) is 10.1. The molecule has 0 aliphatic heterocycles. The SMILES string of the molecule is Cc1cccc(-c2n[nH]c(=S)o2)c1I. The summed E-state index contributed by atoms with van der Waals surface area (Å²) in [4.78, 5) is 0.303. The van der Waals surface area contributed by atoms with Crippen LogP contribution in [0.2, 0.25) is 0 Å². The molecule has 14 heavy (non-hydrogen) atoms. The summed E-state index contributed by atoms with van der Waals surface area (Å²) in [6, 6.07) is 5.98. The average Bonchev–Trinajstić information content (AvgIpc) is 2.57. The Morgan fingerprint density at radius 1 is 1.50 bits per heavy atom. The van der Waals surface area contributed by atoms with Crippen molar-refractivity contribution in [1.29, 1.82) is 0 Å². The molecular formula is C9H7IN2OS. The van der Waals surface area contributed by atoms with Crippen molar-refractivity contribution in [3.05, 3.63) is 32.2 Å². The molecule has 1 heterocycles. The van der Waals surface area contributed by atoms with E-state index in [1.165, 1.54) is 5.56 Å². The van der Waals surface area contributed by atoms with Crippen molar-refractivity contribution in [1.82, 2.24) is 10.2 Å². The Bertz CT molecular complexity index is 518. The van der Waals surface area contributed by atoms with E-state index in [-0.39, 0.29) is 0 Å². The molecule has 0 amide bonds. The first-order valence-corrected chi connectivity index (χ1v) is 5.48. The third kappa shape index (κ3) is 1.74. The van der Waals surface area contributed by atoms with E-state index in [0.29, 0.717) is 10.7 Å². The topological polar surface area (TPSA) is 41.8 Å². The second-order valence-electron chi connectivity index (χ2n) is 2.85. The van der Waals surface area contributed by atoms with Crippen molar-refractivity contribution >= 4 is 34.8 Å². The van der Waals surface area contributed by atoms with Crippen LogP contribution in [0, 0.1) is 15.3 Å². The number of aryl methyl sites for hydroxylation is 1. The van der Waals surface area contributed by atoms with Gasteiger partial charge in [-0.05, 0) is 53.4 Å². The van der Waals surface area contributed by atoms with Gasteiger partial charge >= 0.3 is 0 Å². The summed E-state index contributed by atoms with van der Waals surface area (Å²) in [5, 5.41) is 6.60. The smallest absolute Gasteiger partial charge is 0.284 e. The minimum atomic E-state index is 0.303. The highest BCUT2D eigenvalue weighted by Crippen LogP contribution is 2.25. The summed E-state index contributed by atoms with van der Waals surface area (Å²) < 4.78 is 6.38. The van der Waals surface area contributed by atoms with Crippen LogP contribution in [-0.2, 0) is 0 Å². The van der Waals surface area contributed by atoms with Gasteiger partial charge in [-0.3, -0.25) is 0 Å². The van der Waals surface area contributed by atoms with E-state index in [1.807, 2.05) is 25.1 Å². The van der Waals surface area contributed by atoms with E-state index in [4.69, 9.17) is 16.6 Å². The molecule has 2 aromatic rings. The second-order valence-corrected chi connectivity index (χ2v) is 4.30. The number of nitrogens with zero attached hydrogens (tertiary/aromatic N) is 1. The van der Waals surface area contributed by atoms with E-state index >= 15 is 0 Å². The monoisotopic (exact) mass is 318 g/mol. The van der Waals surface area contributed by atoms with E-state index < -0.39 is 0 Å². The first kappa shape index (κ1) is 9.85. The first-order chi connectivity index (χ1) is 6.68. The molecule has 0 saturated carbocycles. The third-order valence-corrected chi connectivity index (χ3v) is 3.47. The van der Waals surface area contributed by atoms with Crippen LogP contribution in [0.4, 0.5) is 0 Å². The fourth-order valence-corrected chi connectivity index (χ4v) is 1.87. The van der Waals surface area contributed by atoms with Crippen LogP contribution >= 0.6 is 34.8 Å². The molecule has 5 heteroatoms. The molecule has 1 N–H and O–H groups in total. The predicted molar refractivity (Wildman–Crippen MR) is 64.6 cm³/mol. The lowest BCUT2D eigenvalue weighted by Crippen LogP contribution is -1.86. The molecule has 1 aromatic carbocycles. The number of aromatic amines is 1. The summed E-state index contributed by atoms with van der Waals surface area (Å²) in [5.74, 6) is 0.545. The molecule has 1 aromatic heterocycles. The molecule has 0 bridgehead atoms. The Morgan fingerprint density at radius 3 is 2.93 bits per heavy atom. The van der Waals surface area contributed by atoms with Gasteiger partial charge in [0.1, 0.15) is 0 Å². The van der Waals surface area contributed by atoms with E-state index in [2.05, 4.69) is 32.8 Å². The van der Waals surface area contributed by atoms with Gasteiger partial charge in [-0.1, -0.05) is 12.1 Å². The maximum Gasteiger partial charge on any atom is 0.284 e. The number of hydrogen-bond donors (Lipinski definition) is 1. The van der Waals surface area contributed by atoms with Crippen LogP contribution in [0.25, 0.3) is 11.5 Å². The van der Waals surface area contributed by atoms with Gasteiger partial charge in [0.2, 0.25) is 5.89 Å². The highest BCUT2D eigenvalue weighted by atomic mass is 127. The Balaban J connectivity index is 2.62. The normalized spacial score (nSPS) is 10.4. The largest absolute Gasteiger partial charge is 0.409 e. The zero-order valence-electron chi connectivity index (χ0n) is 7.37. The molecular weight excluding hydrogens is 311 g/mol. The third-order valence-electron chi connectivity index (χ3n) is 1.86. The lowest BCUT2D eigenvalue weighted by molar-refractivity contribution is 0.551. The van der Waals surface area contributed by atoms with Crippen molar-refractivity contribution < 1.29 is 4.42 Å². The standard InChI is InChI=1S/C9H7IN2OS/c1-5-3-2-4-6(7(5)10)8-11-12-9(14)13-8/h2-4H,1H3,(H,12,14). The number of aromatic nitrogens is 2. The number of benzene rings is 1. The number of rotatable bonds is 1. The fraction of sp³-hybridized carbons (Fsp3) is 0.111. The summed E-state index contributed by atoms with van der Waals surface area (Å²) in [7, 11) is 0. The fourth-order valence-electron chi connectivity index (χ4n) is 1.16. The predicted octanol–water partition coefficient (Wildman–Crippen LogP) is 3.31. The molecule has 0 spiro atoms. The molecule has 0 saturated heterocycles. The van der Waals surface area contributed by atoms with E-state index in [9.17, 15) is 0 Å². The van der Waals surface area contributed by atoms with Gasteiger partial charge in [-0.2, -0.15) is 0 Å². The number of halogens is 1. The molecule has 3 nitrogen and oxygen atoms in total. The quantitative estimate of drug-likeness (QED) is 0.648. The van der Waals surface area contributed by atoms with Crippen LogP contribution in [0.1, 0.15) is 5.56 Å². The minimum Gasteiger partial charge on any atom is -0.409 e. The van der Waals surface area contributed by atoms with Crippen molar-refractivity contribution in [2.45, 2.75) is 6.92 Å². The van der Waals surface area contributed by atoms with Gasteiger partial charge in [-0.15, -0.1) is 5.10 Å². The van der Waals surface area contributed by atoms with Crippen molar-refractivity contribution in [3.63, 3.8) is 0 Å². The van der Waals surface area contributed by atoms with Crippen molar-refractivity contribution in [2.24, 2.45) is 0 Å². The van der Waals surface area contributed by atoms with E-state index in [0.717, 1.165) is 9.13 Å². The van der Waals surface area contributed by atoms with Crippen LogP contribution in [0.5, 0.6) is 0 Å². The summed E-state index contributed by atoms with van der Waals surface area (Å²) in [5.41, 5.74) is 2.17. The number of H-pyrrole nitrogens is 1.